The summed E-state index contributed by atoms with van der Waals surface area (Å²) in [6.07, 6.45) is -4.43. The number of hydrogen-bond donors (Lipinski definition) is 2. The van der Waals surface area contributed by atoms with Gasteiger partial charge in [-0.1, -0.05) is 18.2 Å². The summed E-state index contributed by atoms with van der Waals surface area (Å²) in [7, 11) is 0. The number of benzene rings is 1. The van der Waals surface area contributed by atoms with E-state index >= 15 is 0 Å². The van der Waals surface area contributed by atoms with Crippen molar-refractivity contribution in [2.24, 2.45) is 0 Å². The normalized spacial score (nSPS) is 11.3. The van der Waals surface area contributed by atoms with Crippen LogP contribution in [0.4, 0.5) is 24.7 Å². The molecule has 19 heavy (non-hydrogen) atoms. The fourth-order valence-electron chi connectivity index (χ4n) is 1.52. The van der Waals surface area contributed by atoms with Crippen molar-refractivity contribution in [3.05, 3.63) is 53.7 Å². The van der Waals surface area contributed by atoms with E-state index in [0.29, 0.717) is 12.2 Å². The van der Waals surface area contributed by atoms with Gasteiger partial charge in [0.15, 0.2) is 0 Å². The number of nitrogen functional groups attached to an aromatic ring is 1. The molecule has 6 heteroatoms. The molecule has 0 atom stereocenters. The first-order valence-corrected chi connectivity index (χ1v) is 5.58. The third-order valence-corrected chi connectivity index (χ3v) is 2.49. The van der Waals surface area contributed by atoms with Crippen molar-refractivity contribution < 1.29 is 13.2 Å². The van der Waals surface area contributed by atoms with Crippen LogP contribution in [0.25, 0.3) is 0 Å². The van der Waals surface area contributed by atoms with Gasteiger partial charge in [-0.05, 0) is 29.8 Å². The van der Waals surface area contributed by atoms with Crippen LogP contribution in [0, 0.1) is 0 Å². The van der Waals surface area contributed by atoms with Gasteiger partial charge in [0.2, 0.25) is 0 Å². The van der Waals surface area contributed by atoms with Crippen LogP contribution >= 0.6 is 0 Å². The highest BCUT2D eigenvalue weighted by Crippen LogP contribution is 2.28. The summed E-state index contributed by atoms with van der Waals surface area (Å²) >= 11 is 0. The highest BCUT2D eigenvalue weighted by atomic mass is 19.4. The Bertz CT molecular complexity index is 550. The maximum absolute atomic E-state index is 12.5. The lowest BCUT2D eigenvalue weighted by molar-refractivity contribution is -0.141. The molecule has 0 bridgehead atoms. The van der Waals surface area contributed by atoms with E-state index in [4.69, 9.17) is 5.73 Å². The summed E-state index contributed by atoms with van der Waals surface area (Å²) in [5, 5.41) is 2.84. The van der Waals surface area contributed by atoms with Gasteiger partial charge in [0, 0.05) is 12.2 Å². The van der Waals surface area contributed by atoms with Gasteiger partial charge in [0.25, 0.3) is 0 Å². The summed E-state index contributed by atoms with van der Waals surface area (Å²) in [4.78, 5) is 3.52. The van der Waals surface area contributed by atoms with E-state index in [1.165, 1.54) is 12.1 Å². The Kier molecular flexibility index (Phi) is 3.59. The Morgan fingerprint density at radius 3 is 2.37 bits per heavy atom. The van der Waals surface area contributed by atoms with E-state index in [9.17, 15) is 13.2 Å². The summed E-state index contributed by atoms with van der Waals surface area (Å²) in [6, 6.07) is 10.8. The van der Waals surface area contributed by atoms with E-state index < -0.39 is 11.9 Å². The van der Waals surface area contributed by atoms with Gasteiger partial charge in [0.1, 0.15) is 11.5 Å². The largest absolute Gasteiger partial charge is 0.433 e. The van der Waals surface area contributed by atoms with Crippen LogP contribution in [-0.4, -0.2) is 4.98 Å². The first-order chi connectivity index (χ1) is 8.95. The quantitative estimate of drug-likeness (QED) is 0.839. The predicted molar refractivity (Wildman–Crippen MR) is 67.4 cm³/mol. The summed E-state index contributed by atoms with van der Waals surface area (Å²) < 4.78 is 37.4. The number of aromatic nitrogens is 1. The van der Waals surface area contributed by atoms with Gasteiger partial charge in [-0.2, -0.15) is 13.2 Å². The zero-order chi connectivity index (χ0) is 13.9. The molecule has 0 radical (unpaired) electrons. The van der Waals surface area contributed by atoms with E-state index in [0.717, 1.165) is 11.6 Å². The van der Waals surface area contributed by atoms with Gasteiger partial charge < -0.3 is 11.1 Å². The number of nitrogens with one attached hydrogen (secondary N) is 1. The van der Waals surface area contributed by atoms with Crippen LogP contribution in [0.1, 0.15) is 11.3 Å². The van der Waals surface area contributed by atoms with Crippen LogP contribution in [0.15, 0.2) is 42.5 Å². The van der Waals surface area contributed by atoms with Gasteiger partial charge in [-0.3, -0.25) is 0 Å². The molecule has 1 aromatic heterocycles. The van der Waals surface area contributed by atoms with Crippen molar-refractivity contribution in [3.63, 3.8) is 0 Å². The molecule has 2 aromatic rings. The number of rotatable bonds is 3. The Balaban J connectivity index is 2.05. The molecule has 0 saturated heterocycles. The van der Waals surface area contributed by atoms with Crippen molar-refractivity contribution in [1.29, 1.82) is 0 Å². The van der Waals surface area contributed by atoms with Gasteiger partial charge >= 0.3 is 6.18 Å². The minimum atomic E-state index is -4.43. The number of nitrogens with two attached hydrogens (primary N) is 1. The molecule has 0 aliphatic rings. The third kappa shape index (κ3) is 3.61. The van der Waals surface area contributed by atoms with Gasteiger partial charge in [-0.25, -0.2) is 4.98 Å². The van der Waals surface area contributed by atoms with E-state index in [1.54, 1.807) is 24.3 Å². The van der Waals surface area contributed by atoms with E-state index in [-0.39, 0.29) is 5.82 Å². The number of alkyl halides is 3. The molecule has 0 fully saturated rings. The maximum Gasteiger partial charge on any atom is 0.433 e. The van der Waals surface area contributed by atoms with Crippen molar-refractivity contribution in [2.75, 3.05) is 11.1 Å². The monoisotopic (exact) mass is 267 g/mol. The fourth-order valence-corrected chi connectivity index (χ4v) is 1.52. The second-order valence-corrected chi connectivity index (χ2v) is 4.00. The number of halogens is 3. The zero-order valence-electron chi connectivity index (χ0n) is 9.91. The van der Waals surface area contributed by atoms with Crippen LogP contribution in [0.2, 0.25) is 0 Å². The standard InChI is InChI=1S/C13H12F3N3/c14-13(15,16)11-2-1-3-12(19-11)18-8-9-4-6-10(17)7-5-9/h1-7H,8,17H2,(H,18,19). The lowest BCUT2D eigenvalue weighted by Crippen LogP contribution is -2.10. The summed E-state index contributed by atoms with van der Waals surface area (Å²) in [5.74, 6) is 0.187. The van der Waals surface area contributed by atoms with Crippen molar-refractivity contribution in [2.45, 2.75) is 12.7 Å². The molecule has 3 nitrogen and oxygen atoms in total. The number of anilines is 2. The van der Waals surface area contributed by atoms with Crippen LogP contribution in [-0.2, 0) is 12.7 Å². The molecule has 0 saturated carbocycles. The highest BCUT2D eigenvalue weighted by molar-refractivity contribution is 5.41. The molecule has 0 amide bonds. The SMILES string of the molecule is Nc1ccc(CNc2cccc(C(F)(F)F)n2)cc1. The average molecular weight is 267 g/mol. The zero-order valence-corrected chi connectivity index (χ0v) is 9.91. The molecule has 0 aliphatic carbocycles. The van der Waals surface area contributed by atoms with Crippen molar-refractivity contribution in [1.82, 2.24) is 4.98 Å². The average Bonchev–Trinajstić information content (AvgIpc) is 2.37. The maximum atomic E-state index is 12.5. The van der Waals surface area contributed by atoms with Gasteiger partial charge in [0.05, 0.1) is 0 Å². The highest BCUT2D eigenvalue weighted by Gasteiger charge is 2.32. The number of pyridine rings is 1. The minimum Gasteiger partial charge on any atom is -0.399 e. The minimum absolute atomic E-state index is 0.187. The fraction of sp³-hybridized carbons (Fsp3) is 0.154. The van der Waals surface area contributed by atoms with Crippen LogP contribution in [0.3, 0.4) is 0 Å². The lowest BCUT2D eigenvalue weighted by Gasteiger charge is -2.09. The van der Waals surface area contributed by atoms with E-state index in [1.807, 2.05) is 0 Å². The second-order valence-electron chi connectivity index (χ2n) is 4.00. The molecule has 1 heterocycles. The predicted octanol–water partition coefficient (Wildman–Crippen LogP) is 3.29. The number of nitrogens with zero attached hydrogens (tertiary/aromatic N) is 1. The Morgan fingerprint density at radius 1 is 1.05 bits per heavy atom. The smallest absolute Gasteiger partial charge is 0.399 e. The lowest BCUT2D eigenvalue weighted by atomic mass is 10.2. The molecule has 0 aliphatic heterocycles. The molecular weight excluding hydrogens is 255 g/mol. The number of hydrogen-bond acceptors (Lipinski definition) is 3. The molecule has 1 aromatic carbocycles. The first kappa shape index (κ1) is 13.2. The molecule has 0 spiro atoms. The molecular formula is C13H12F3N3. The Hall–Kier alpha value is -2.24. The molecule has 3 N–H and O–H groups in total. The summed E-state index contributed by atoms with van der Waals surface area (Å²) in [6.45, 7) is 0.384. The Morgan fingerprint density at radius 2 is 1.74 bits per heavy atom. The molecule has 2 rings (SSSR count). The summed E-state index contributed by atoms with van der Waals surface area (Å²) in [5.41, 5.74) is 6.19. The van der Waals surface area contributed by atoms with Crippen LogP contribution < -0.4 is 11.1 Å². The van der Waals surface area contributed by atoms with Crippen molar-refractivity contribution >= 4 is 11.5 Å². The van der Waals surface area contributed by atoms with Gasteiger partial charge in [-0.15, -0.1) is 0 Å². The third-order valence-electron chi connectivity index (χ3n) is 2.49. The molecule has 100 valence electrons. The second kappa shape index (κ2) is 5.17. The van der Waals surface area contributed by atoms with E-state index in [2.05, 4.69) is 10.3 Å². The Labute approximate surface area is 108 Å². The first-order valence-electron chi connectivity index (χ1n) is 5.58. The van der Waals surface area contributed by atoms with Crippen molar-refractivity contribution in [3.8, 4) is 0 Å². The molecule has 0 unspecified atom stereocenters. The topological polar surface area (TPSA) is 50.9 Å². The van der Waals surface area contributed by atoms with Crippen LogP contribution in [0.5, 0.6) is 0 Å².